The van der Waals surface area contributed by atoms with Gasteiger partial charge in [0.25, 0.3) is 0 Å². The first-order valence-corrected chi connectivity index (χ1v) is 5.85. The highest BCUT2D eigenvalue weighted by atomic mass is 19.1. The van der Waals surface area contributed by atoms with Crippen molar-refractivity contribution in [3.63, 3.8) is 0 Å². The molecular formula is C10H17FO8. The lowest BCUT2D eigenvalue weighted by Gasteiger charge is -2.40. The third-order valence-corrected chi connectivity index (χ3v) is 3.18. The number of rotatable bonds is 2. The first kappa shape index (κ1) is 15.0. The Morgan fingerprint density at radius 1 is 0.842 bits per heavy atom. The molecule has 8 atom stereocenters. The maximum absolute atomic E-state index is 12.9. The summed E-state index contributed by atoms with van der Waals surface area (Å²) in [5.41, 5.74) is 0. The minimum absolute atomic E-state index is 0.263. The molecule has 2 fully saturated rings. The van der Waals surface area contributed by atoms with Crippen molar-refractivity contribution >= 4 is 0 Å². The van der Waals surface area contributed by atoms with Crippen molar-refractivity contribution in [1.82, 2.24) is 0 Å². The van der Waals surface area contributed by atoms with E-state index in [9.17, 15) is 29.9 Å². The van der Waals surface area contributed by atoms with Gasteiger partial charge in [-0.05, 0) is 0 Å². The highest BCUT2D eigenvalue weighted by Crippen LogP contribution is 2.23. The van der Waals surface area contributed by atoms with Crippen LogP contribution in [0.25, 0.3) is 0 Å². The van der Waals surface area contributed by atoms with Gasteiger partial charge in [0.05, 0.1) is 13.2 Å². The molecule has 9 heteroatoms. The molecule has 0 aromatic carbocycles. The second-order valence-electron chi connectivity index (χ2n) is 4.59. The van der Waals surface area contributed by atoms with Crippen LogP contribution in [0.5, 0.6) is 0 Å². The van der Waals surface area contributed by atoms with Gasteiger partial charge in [-0.25, -0.2) is 4.39 Å². The molecule has 0 bridgehead atoms. The van der Waals surface area contributed by atoms with Crippen molar-refractivity contribution in [3.05, 3.63) is 0 Å². The van der Waals surface area contributed by atoms with Crippen LogP contribution in [0.2, 0.25) is 0 Å². The van der Waals surface area contributed by atoms with Crippen LogP contribution in [0.4, 0.5) is 4.39 Å². The number of halogens is 1. The summed E-state index contributed by atoms with van der Waals surface area (Å²) in [4.78, 5) is 0. The molecule has 2 aliphatic heterocycles. The smallest absolute Gasteiger partial charge is 0.227 e. The van der Waals surface area contributed by atoms with Crippen LogP contribution in [0.1, 0.15) is 0 Å². The van der Waals surface area contributed by atoms with Crippen molar-refractivity contribution in [1.29, 1.82) is 0 Å². The summed E-state index contributed by atoms with van der Waals surface area (Å²) in [5.74, 6) is 0. The molecule has 0 aliphatic carbocycles. The van der Waals surface area contributed by atoms with Crippen molar-refractivity contribution in [2.75, 3.05) is 13.2 Å². The number of aliphatic hydroxyl groups excluding tert-OH is 5. The van der Waals surface area contributed by atoms with Gasteiger partial charge in [0.2, 0.25) is 6.36 Å². The molecule has 2 saturated heterocycles. The molecule has 8 nitrogen and oxygen atoms in total. The highest BCUT2D eigenvalue weighted by molar-refractivity contribution is 4.87. The van der Waals surface area contributed by atoms with Crippen LogP contribution in [-0.2, 0) is 14.2 Å². The summed E-state index contributed by atoms with van der Waals surface area (Å²) in [6, 6.07) is 0. The van der Waals surface area contributed by atoms with Crippen LogP contribution in [0, 0.1) is 0 Å². The lowest BCUT2D eigenvalue weighted by molar-refractivity contribution is -0.316. The van der Waals surface area contributed by atoms with Gasteiger partial charge >= 0.3 is 0 Å². The van der Waals surface area contributed by atoms with E-state index in [4.69, 9.17) is 9.47 Å². The Morgan fingerprint density at radius 2 is 1.53 bits per heavy atom. The van der Waals surface area contributed by atoms with E-state index >= 15 is 0 Å². The van der Waals surface area contributed by atoms with Gasteiger partial charge in [0.15, 0.2) is 6.29 Å². The minimum Gasteiger partial charge on any atom is -0.388 e. The predicted octanol–water partition coefficient (Wildman–Crippen LogP) is -3.14. The van der Waals surface area contributed by atoms with Gasteiger partial charge in [0.1, 0.15) is 36.6 Å². The second-order valence-corrected chi connectivity index (χ2v) is 4.59. The quantitative estimate of drug-likeness (QED) is 0.360. The fourth-order valence-electron chi connectivity index (χ4n) is 1.95. The Balaban J connectivity index is 1.94. The maximum atomic E-state index is 12.9. The second kappa shape index (κ2) is 5.94. The standard InChI is InChI=1S/C10H17FO8/c11-9-7(15)6(14)4(2-17-9)19-10-8(16)5(13)3(12)1-18-10/h3-10,12-16H,1-2H2/t3-,4-,5+,6+,7-,8-,9-,10+/m1/s1. The monoisotopic (exact) mass is 284 g/mol. The molecule has 0 radical (unpaired) electrons. The van der Waals surface area contributed by atoms with Crippen molar-refractivity contribution in [2.24, 2.45) is 0 Å². The molecule has 0 aromatic heterocycles. The molecule has 0 aromatic rings. The predicted molar refractivity (Wildman–Crippen MR) is 55.5 cm³/mol. The lowest BCUT2D eigenvalue weighted by atomic mass is 10.0. The Hall–Kier alpha value is -0.390. The van der Waals surface area contributed by atoms with Crippen LogP contribution < -0.4 is 0 Å². The molecule has 2 heterocycles. The van der Waals surface area contributed by atoms with E-state index in [2.05, 4.69) is 4.74 Å². The average molecular weight is 284 g/mol. The Labute approximate surface area is 107 Å². The molecule has 112 valence electrons. The Morgan fingerprint density at radius 3 is 2.21 bits per heavy atom. The van der Waals surface area contributed by atoms with Gasteiger partial charge < -0.3 is 39.7 Å². The summed E-state index contributed by atoms with van der Waals surface area (Å²) in [6.07, 6.45) is -12.0. The molecular weight excluding hydrogens is 267 g/mol. The van der Waals surface area contributed by atoms with E-state index in [1.807, 2.05) is 0 Å². The van der Waals surface area contributed by atoms with Crippen molar-refractivity contribution in [2.45, 2.75) is 49.3 Å². The molecule has 19 heavy (non-hydrogen) atoms. The normalized spacial score (nSPS) is 52.1. The lowest BCUT2D eigenvalue weighted by Crippen LogP contribution is -2.58. The largest absolute Gasteiger partial charge is 0.388 e. The Kier molecular flexibility index (Phi) is 4.69. The fourth-order valence-corrected chi connectivity index (χ4v) is 1.95. The topological polar surface area (TPSA) is 129 Å². The van der Waals surface area contributed by atoms with E-state index in [1.54, 1.807) is 0 Å². The first-order valence-electron chi connectivity index (χ1n) is 5.85. The van der Waals surface area contributed by atoms with Crippen LogP contribution in [0.3, 0.4) is 0 Å². The van der Waals surface area contributed by atoms with Crippen LogP contribution in [0.15, 0.2) is 0 Å². The third-order valence-electron chi connectivity index (χ3n) is 3.18. The zero-order valence-corrected chi connectivity index (χ0v) is 9.87. The zero-order valence-electron chi connectivity index (χ0n) is 9.87. The SMILES string of the molecule is O[C@@H]1[C@@H](O)[C@H](O[C@@H]2CO[C@@H](F)[C@H](O)[C@H]2O)OC[C@H]1O. The average Bonchev–Trinajstić information content (AvgIpc) is 2.39. The van der Waals surface area contributed by atoms with E-state index < -0.39 is 49.3 Å². The van der Waals surface area contributed by atoms with Crippen LogP contribution >= 0.6 is 0 Å². The van der Waals surface area contributed by atoms with E-state index in [0.29, 0.717) is 0 Å². The highest BCUT2D eigenvalue weighted by Gasteiger charge is 2.44. The number of hydrogen-bond donors (Lipinski definition) is 5. The van der Waals surface area contributed by atoms with Crippen molar-refractivity contribution in [3.8, 4) is 0 Å². The van der Waals surface area contributed by atoms with E-state index in [1.165, 1.54) is 0 Å². The van der Waals surface area contributed by atoms with Gasteiger partial charge in [-0.3, -0.25) is 0 Å². The summed E-state index contributed by atoms with van der Waals surface area (Å²) < 4.78 is 27.6. The first-order chi connectivity index (χ1) is 8.91. The van der Waals surface area contributed by atoms with Gasteiger partial charge in [-0.2, -0.15) is 0 Å². The van der Waals surface area contributed by atoms with Gasteiger partial charge in [-0.1, -0.05) is 0 Å². The number of ether oxygens (including phenoxy) is 3. The zero-order chi connectivity index (χ0) is 14.2. The molecule has 2 aliphatic rings. The van der Waals surface area contributed by atoms with Gasteiger partial charge in [0, 0.05) is 0 Å². The molecule has 0 amide bonds. The summed E-state index contributed by atoms with van der Waals surface area (Å²) in [6.45, 7) is -0.606. The minimum atomic E-state index is -2.01. The summed E-state index contributed by atoms with van der Waals surface area (Å²) >= 11 is 0. The summed E-state index contributed by atoms with van der Waals surface area (Å²) in [7, 11) is 0. The van der Waals surface area contributed by atoms with Crippen molar-refractivity contribution < 1.29 is 44.1 Å². The van der Waals surface area contributed by atoms with E-state index in [0.717, 1.165) is 0 Å². The van der Waals surface area contributed by atoms with E-state index in [-0.39, 0.29) is 13.2 Å². The number of hydrogen-bond acceptors (Lipinski definition) is 8. The molecule has 2 rings (SSSR count). The van der Waals surface area contributed by atoms with Crippen LogP contribution in [-0.4, -0.2) is 88.0 Å². The maximum Gasteiger partial charge on any atom is 0.227 e. The number of alkyl halides is 1. The summed E-state index contributed by atoms with van der Waals surface area (Å²) in [5, 5.41) is 47.2. The number of aliphatic hydroxyl groups is 5. The third kappa shape index (κ3) is 3.03. The molecule has 5 N–H and O–H groups in total. The van der Waals surface area contributed by atoms with Gasteiger partial charge in [-0.15, -0.1) is 0 Å². The Bertz CT molecular complexity index is 277. The molecule has 0 unspecified atom stereocenters. The molecule has 0 saturated carbocycles. The molecule has 0 spiro atoms. The fraction of sp³-hybridized carbons (Fsp3) is 1.00.